The second-order valence-corrected chi connectivity index (χ2v) is 20.1. The minimum absolute atomic E-state index is 0.0134. The average molecular weight is 1130 g/mol. The molecular weight excluding hydrogens is 1070 g/mol. The smallest absolute Gasteiger partial charge is 0.189 e. The third-order valence-corrected chi connectivity index (χ3v) is 15.1. The topological polar surface area (TPSA) is 133 Å². The number of allylic oxidation sites excluding steroid dienone is 1. The number of benzene rings is 6. The Morgan fingerprint density at radius 2 is 0.963 bits per heavy atom. The number of hydrogen-bond acceptors (Lipinski definition) is 13. The molecule has 13 nitrogen and oxygen atoms in total. The van der Waals surface area contributed by atoms with Gasteiger partial charge in [-0.05, 0) is 114 Å². The van der Waals surface area contributed by atoms with E-state index in [4.69, 9.17) is 28.4 Å². The van der Waals surface area contributed by atoms with Crippen LogP contribution in [0.1, 0.15) is 75.7 Å². The highest BCUT2D eigenvalue weighted by atomic mass is 19.2. The minimum Gasteiger partial charge on any atom is -0.495 e. The number of aldehydes is 1. The van der Waals surface area contributed by atoms with E-state index in [-0.39, 0.29) is 40.8 Å². The average Bonchev–Trinajstić information content (AvgIpc) is 4.23. The van der Waals surface area contributed by atoms with Crippen LogP contribution in [0.15, 0.2) is 96.6 Å². The Morgan fingerprint density at radius 3 is 1.45 bits per heavy atom. The van der Waals surface area contributed by atoms with Gasteiger partial charge in [0.1, 0.15) is 52.2 Å². The summed E-state index contributed by atoms with van der Waals surface area (Å²) in [5, 5.41) is 0. The molecule has 3 fully saturated rings. The molecule has 0 aromatic heterocycles. The lowest BCUT2D eigenvalue weighted by Gasteiger charge is -2.30. The van der Waals surface area contributed by atoms with Crippen LogP contribution < -0.4 is 28.9 Å². The number of methoxy groups -OCH3 is 3. The molecule has 0 spiro atoms. The van der Waals surface area contributed by atoms with E-state index in [1.165, 1.54) is 30.3 Å². The van der Waals surface area contributed by atoms with Crippen LogP contribution in [0.25, 0.3) is 6.08 Å². The first-order valence-corrected chi connectivity index (χ1v) is 26.9. The predicted molar refractivity (Wildman–Crippen MR) is 296 cm³/mol. The number of ketones is 3. The van der Waals surface area contributed by atoms with E-state index in [2.05, 4.69) is 20.8 Å². The predicted octanol–water partition coefficient (Wildman–Crippen LogP) is 10.5. The maximum absolute atomic E-state index is 14.0. The fourth-order valence-electron chi connectivity index (χ4n) is 10.8. The Labute approximate surface area is 470 Å². The molecule has 6 aromatic rings. The highest BCUT2D eigenvalue weighted by Gasteiger charge is 2.34. The molecule has 430 valence electrons. The molecule has 0 radical (unpaired) electrons. The van der Waals surface area contributed by atoms with Crippen LogP contribution in [-0.4, -0.2) is 124 Å². The van der Waals surface area contributed by atoms with Crippen molar-refractivity contribution >= 4 is 46.8 Å². The van der Waals surface area contributed by atoms with Crippen molar-refractivity contribution in [3.8, 4) is 17.2 Å². The fourth-order valence-corrected chi connectivity index (χ4v) is 10.8. The van der Waals surface area contributed by atoms with Crippen LogP contribution >= 0.6 is 0 Å². The maximum Gasteiger partial charge on any atom is 0.189 e. The number of ether oxygens (including phenoxy) is 6. The SMILES string of the molecule is COc1cc2c(cc1N1CCOCC1)C/C(=C\c1ccc(F)cc1F)C2=O.COc1cc2c(cc1N1CCOCC1)CC(Cc1ccc(F)cc1F)C2=O.COc1cc2c(cc1N1CCOCC1)CCC2=O.O=Cc1ccc(F)cc1F. The molecule has 6 aliphatic rings. The van der Waals surface area contributed by atoms with Gasteiger partial charge in [0, 0.05) is 104 Å². The van der Waals surface area contributed by atoms with E-state index in [1.54, 1.807) is 33.5 Å². The molecular formula is C63H61F6N3O10. The Balaban J connectivity index is 0.000000139. The van der Waals surface area contributed by atoms with Gasteiger partial charge in [-0.3, -0.25) is 19.2 Å². The highest BCUT2D eigenvalue weighted by Crippen LogP contribution is 2.41. The van der Waals surface area contributed by atoms with Crippen molar-refractivity contribution in [2.45, 2.75) is 32.1 Å². The van der Waals surface area contributed by atoms with E-state index >= 15 is 0 Å². The molecule has 0 amide bonds. The van der Waals surface area contributed by atoms with Crippen LogP contribution in [0.4, 0.5) is 43.4 Å². The summed E-state index contributed by atoms with van der Waals surface area (Å²) in [5.74, 6) is -2.22. The summed E-state index contributed by atoms with van der Waals surface area (Å²) in [7, 11) is 4.83. The van der Waals surface area contributed by atoms with Crippen molar-refractivity contribution in [3.05, 3.63) is 182 Å². The summed E-state index contributed by atoms with van der Waals surface area (Å²) < 4.78 is 111. The number of halogens is 6. The first-order valence-electron chi connectivity index (χ1n) is 26.9. The van der Waals surface area contributed by atoms with Gasteiger partial charge in [-0.15, -0.1) is 0 Å². The van der Waals surface area contributed by atoms with Crippen LogP contribution in [0, 0.1) is 40.8 Å². The molecule has 3 aliphatic heterocycles. The van der Waals surface area contributed by atoms with Gasteiger partial charge in [-0.2, -0.15) is 0 Å². The summed E-state index contributed by atoms with van der Waals surface area (Å²) in [6.45, 7) is 8.92. The molecule has 1 unspecified atom stereocenters. The number of aryl methyl sites for hydroxylation is 1. The molecule has 82 heavy (non-hydrogen) atoms. The monoisotopic (exact) mass is 1130 g/mol. The largest absolute Gasteiger partial charge is 0.495 e. The number of carbonyl (C=O) groups is 4. The lowest BCUT2D eigenvalue weighted by molar-refractivity contribution is 0.0934. The van der Waals surface area contributed by atoms with Gasteiger partial charge in [0.05, 0.1) is 83.6 Å². The molecule has 6 aromatic carbocycles. The second kappa shape index (κ2) is 26.7. The van der Waals surface area contributed by atoms with E-state index < -0.39 is 34.9 Å². The van der Waals surface area contributed by atoms with Gasteiger partial charge in [0.15, 0.2) is 23.6 Å². The molecule has 0 saturated carbocycles. The third-order valence-electron chi connectivity index (χ3n) is 15.1. The number of fused-ring (bicyclic) bond motifs is 3. The van der Waals surface area contributed by atoms with Crippen LogP contribution in [0.2, 0.25) is 0 Å². The number of hydrogen-bond donors (Lipinski definition) is 0. The van der Waals surface area contributed by atoms with Gasteiger partial charge in [0.2, 0.25) is 0 Å². The fraction of sp³-hybridized carbons (Fsp3) is 0.333. The highest BCUT2D eigenvalue weighted by molar-refractivity contribution is 6.16. The standard InChI is InChI=1S/C21H21F2NO3.C21H19F2NO3.C14H17NO3.C7H4F2O/c2*1-26-20-12-17-14(10-19(20)24-4-6-27-7-5-24)9-15(21(17)25)8-13-2-3-16(22)11-18(13)23;1-17-14-9-11-10(2-3-13(11)16)8-12(14)15-4-6-18-7-5-15;8-6-2-1-5(4-10)7(9)3-6/h2-3,10-12,15H,4-9H2,1H3;2-3,8,10-12H,4-7,9H2,1H3;8-9H,2-7H2,1H3;1-4H/b;15-8+;;. The van der Waals surface area contributed by atoms with Gasteiger partial charge in [-0.25, -0.2) is 26.3 Å². The molecule has 0 N–H and O–H groups in total. The number of nitrogens with zero attached hydrogens (tertiary/aromatic N) is 3. The van der Waals surface area contributed by atoms with Crippen molar-refractivity contribution in [1.29, 1.82) is 0 Å². The van der Waals surface area contributed by atoms with Crippen molar-refractivity contribution in [1.82, 2.24) is 0 Å². The van der Waals surface area contributed by atoms with Crippen molar-refractivity contribution < 1.29 is 73.9 Å². The van der Waals surface area contributed by atoms with Gasteiger partial charge in [-0.1, -0.05) is 6.07 Å². The Kier molecular flexibility index (Phi) is 19.1. The second-order valence-electron chi connectivity index (χ2n) is 20.1. The normalized spacial score (nSPS) is 17.6. The summed E-state index contributed by atoms with van der Waals surface area (Å²) in [5.41, 5.74) is 8.94. The number of carbonyl (C=O) groups excluding carboxylic acids is 4. The molecule has 1 atom stereocenters. The summed E-state index contributed by atoms with van der Waals surface area (Å²) in [6, 6.07) is 21.2. The van der Waals surface area contributed by atoms with E-state index in [0.29, 0.717) is 91.8 Å². The third kappa shape index (κ3) is 13.5. The van der Waals surface area contributed by atoms with E-state index in [1.807, 2.05) is 18.2 Å². The number of Topliss-reactive ketones (excluding diaryl/α,β-unsaturated/α-hetero) is 3. The van der Waals surface area contributed by atoms with Gasteiger partial charge in [0.25, 0.3) is 0 Å². The zero-order chi connectivity index (χ0) is 58.0. The molecule has 3 heterocycles. The number of morpholine rings is 3. The Hall–Kier alpha value is -8.00. The quantitative estimate of drug-likeness (QED) is 0.0733. The molecule has 3 aliphatic carbocycles. The zero-order valence-corrected chi connectivity index (χ0v) is 45.6. The van der Waals surface area contributed by atoms with Gasteiger partial charge >= 0.3 is 0 Å². The lowest BCUT2D eigenvalue weighted by Crippen LogP contribution is -2.36. The molecule has 12 rings (SSSR count). The summed E-state index contributed by atoms with van der Waals surface area (Å²) in [6.07, 6.45) is 4.54. The Morgan fingerprint density at radius 1 is 0.512 bits per heavy atom. The van der Waals surface area contributed by atoms with Crippen molar-refractivity contribution in [2.24, 2.45) is 5.92 Å². The minimum atomic E-state index is -0.824. The van der Waals surface area contributed by atoms with Crippen LogP contribution in [0.5, 0.6) is 17.2 Å². The number of anilines is 3. The summed E-state index contributed by atoms with van der Waals surface area (Å²) in [4.78, 5) is 54.0. The maximum atomic E-state index is 14.0. The van der Waals surface area contributed by atoms with Gasteiger partial charge < -0.3 is 43.1 Å². The van der Waals surface area contributed by atoms with Crippen molar-refractivity contribution in [3.63, 3.8) is 0 Å². The summed E-state index contributed by atoms with van der Waals surface area (Å²) >= 11 is 0. The van der Waals surface area contributed by atoms with E-state index in [9.17, 15) is 45.5 Å². The first-order chi connectivity index (χ1) is 39.7. The molecule has 0 bridgehead atoms. The van der Waals surface area contributed by atoms with Crippen molar-refractivity contribution in [2.75, 3.05) is 115 Å². The Bertz CT molecular complexity index is 3390. The molecule has 3 saturated heterocycles. The first kappa shape index (κ1) is 58.6. The van der Waals surface area contributed by atoms with Crippen LogP contribution in [0.3, 0.4) is 0 Å². The molecule has 19 heteroatoms. The lowest BCUT2D eigenvalue weighted by atomic mass is 9.95. The number of rotatable bonds is 10. The van der Waals surface area contributed by atoms with E-state index in [0.717, 1.165) is 128 Å². The van der Waals surface area contributed by atoms with Crippen LogP contribution in [-0.2, 0) is 39.9 Å². The zero-order valence-electron chi connectivity index (χ0n) is 45.6.